The maximum absolute atomic E-state index is 13.3. The minimum Gasteiger partial charge on any atom is -0.444 e. The number of carbonyl (C=O) groups is 1. The fourth-order valence-electron chi connectivity index (χ4n) is 3.51. The maximum atomic E-state index is 13.3. The Kier molecular flexibility index (Phi) is 5.47. The van der Waals surface area contributed by atoms with Crippen molar-refractivity contribution in [2.45, 2.75) is 50.8 Å². The number of rotatable bonds is 1. The van der Waals surface area contributed by atoms with E-state index in [0.717, 1.165) is 18.4 Å². The Labute approximate surface area is 158 Å². The number of nitrogens with one attached hydrogen (secondary N) is 1. The van der Waals surface area contributed by atoms with E-state index < -0.39 is 5.60 Å². The molecule has 1 aromatic rings. The first kappa shape index (κ1) is 19.4. The van der Waals surface area contributed by atoms with Crippen molar-refractivity contribution in [3.8, 4) is 0 Å². The molecule has 0 bridgehead atoms. The van der Waals surface area contributed by atoms with Crippen LogP contribution in [0.3, 0.4) is 0 Å². The molecule has 2 aliphatic heterocycles. The molecular weight excluding hydrogens is 359 g/mol. The van der Waals surface area contributed by atoms with Crippen molar-refractivity contribution in [2.75, 3.05) is 26.3 Å². The van der Waals surface area contributed by atoms with Crippen LogP contribution in [0.15, 0.2) is 18.2 Å². The van der Waals surface area contributed by atoms with Crippen LogP contribution in [0, 0.1) is 5.82 Å². The molecule has 1 amide bonds. The Morgan fingerprint density at radius 1 is 1.38 bits per heavy atom. The van der Waals surface area contributed by atoms with E-state index in [1.165, 1.54) is 12.1 Å². The molecule has 5 nitrogen and oxygen atoms in total. The summed E-state index contributed by atoms with van der Waals surface area (Å²) in [6.07, 6.45) is 1.26. The summed E-state index contributed by atoms with van der Waals surface area (Å²) in [5.41, 5.74) is 0.129. The number of morpholine rings is 1. The van der Waals surface area contributed by atoms with Gasteiger partial charge >= 0.3 is 6.09 Å². The second-order valence-corrected chi connectivity index (χ2v) is 8.53. The number of piperidine rings is 1. The Hall–Kier alpha value is -1.37. The first-order valence-corrected chi connectivity index (χ1v) is 9.34. The Balaban J connectivity index is 1.64. The van der Waals surface area contributed by atoms with Gasteiger partial charge in [0.15, 0.2) is 0 Å². The van der Waals surface area contributed by atoms with Crippen LogP contribution in [0.1, 0.15) is 45.2 Å². The standard InChI is InChI=1S/C19H26ClFN2O3/c1-18(2,3)26-17(24)23-8-6-19(7-9-23)12-25-11-16(22-19)14-5-4-13(21)10-15(14)20/h4-5,10,16,22H,6-9,11-12H2,1-3H3/t16-/m1/s1. The minimum atomic E-state index is -0.497. The second-order valence-electron chi connectivity index (χ2n) is 8.13. The number of halogens is 2. The molecule has 0 aromatic heterocycles. The quantitative estimate of drug-likeness (QED) is 0.797. The van der Waals surface area contributed by atoms with Crippen LogP contribution >= 0.6 is 11.6 Å². The number of ether oxygens (including phenoxy) is 2. The van der Waals surface area contributed by atoms with Crippen molar-refractivity contribution in [1.82, 2.24) is 10.2 Å². The Morgan fingerprint density at radius 2 is 2.08 bits per heavy atom. The number of hydrogen-bond acceptors (Lipinski definition) is 4. The number of carbonyl (C=O) groups excluding carboxylic acids is 1. The molecule has 3 rings (SSSR count). The normalized spacial score (nSPS) is 23.1. The highest BCUT2D eigenvalue weighted by atomic mass is 35.5. The number of hydrogen-bond donors (Lipinski definition) is 1. The third kappa shape index (κ3) is 4.48. The Bertz CT molecular complexity index is 669. The van der Waals surface area contributed by atoms with E-state index in [1.807, 2.05) is 20.8 Å². The van der Waals surface area contributed by atoms with Crippen LogP contribution in [-0.2, 0) is 9.47 Å². The second kappa shape index (κ2) is 7.33. The highest BCUT2D eigenvalue weighted by molar-refractivity contribution is 6.31. The van der Waals surface area contributed by atoms with E-state index in [1.54, 1.807) is 11.0 Å². The van der Waals surface area contributed by atoms with Crippen molar-refractivity contribution in [2.24, 2.45) is 0 Å². The largest absolute Gasteiger partial charge is 0.444 e. The van der Waals surface area contributed by atoms with Crippen molar-refractivity contribution >= 4 is 17.7 Å². The SMILES string of the molecule is CC(C)(C)OC(=O)N1CCC2(CC1)COC[C@H](c1ccc(F)cc1Cl)N2. The molecule has 2 saturated heterocycles. The molecule has 26 heavy (non-hydrogen) atoms. The Morgan fingerprint density at radius 3 is 2.69 bits per heavy atom. The summed E-state index contributed by atoms with van der Waals surface area (Å²) in [7, 11) is 0. The molecule has 0 unspecified atom stereocenters. The molecule has 1 aromatic carbocycles. The molecule has 2 fully saturated rings. The number of nitrogens with zero attached hydrogens (tertiary/aromatic N) is 1. The molecular formula is C19H26ClFN2O3. The van der Waals surface area contributed by atoms with Crippen LogP contribution in [-0.4, -0.2) is 48.4 Å². The predicted molar refractivity (Wildman–Crippen MR) is 97.9 cm³/mol. The van der Waals surface area contributed by atoms with Crippen LogP contribution in [0.4, 0.5) is 9.18 Å². The summed E-state index contributed by atoms with van der Waals surface area (Å²) in [4.78, 5) is 14.0. The predicted octanol–water partition coefficient (Wildman–Crippen LogP) is 3.91. The smallest absolute Gasteiger partial charge is 0.410 e. The lowest BCUT2D eigenvalue weighted by Crippen LogP contribution is -2.61. The van der Waals surface area contributed by atoms with Crippen LogP contribution in [0.25, 0.3) is 0 Å². The molecule has 144 valence electrons. The van der Waals surface area contributed by atoms with Crippen molar-refractivity contribution in [1.29, 1.82) is 0 Å². The van der Waals surface area contributed by atoms with Gasteiger partial charge in [-0.15, -0.1) is 0 Å². The van der Waals surface area contributed by atoms with Crippen LogP contribution in [0.2, 0.25) is 5.02 Å². The fourth-order valence-corrected chi connectivity index (χ4v) is 3.81. The maximum Gasteiger partial charge on any atom is 0.410 e. The van der Waals surface area contributed by atoms with E-state index in [2.05, 4.69) is 5.32 Å². The zero-order chi connectivity index (χ0) is 18.9. The summed E-state index contributed by atoms with van der Waals surface area (Å²) in [6.45, 7) is 7.88. The average molecular weight is 385 g/mol. The van der Waals surface area contributed by atoms with Gasteiger partial charge in [0.2, 0.25) is 0 Å². The molecule has 0 aliphatic carbocycles. The van der Waals surface area contributed by atoms with Gasteiger partial charge in [0.05, 0.1) is 19.3 Å². The van der Waals surface area contributed by atoms with Gasteiger partial charge in [-0.25, -0.2) is 9.18 Å². The zero-order valence-electron chi connectivity index (χ0n) is 15.5. The lowest BCUT2D eigenvalue weighted by Gasteiger charge is -2.47. The third-order valence-electron chi connectivity index (χ3n) is 4.85. The van der Waals surface area contributed by atoms with E-state index in [9.17, 15) is 9.18 Å². The zero-order valence-corrected chi connectivity index (χ0v) is 16.2. The van der Waals surface area contributed by atoms with Gasteiger partial charge < -0.3 is 19.7 Å². The monoisotopic (exact) mass is 384 g/mol. The molecule has 1 spiro atoms. The van der Waals surface area contributed by atoms with Crippen molar-refractivity contribution in [3.05, 3.63) is 34.6 Å². The van der Waals surface area contributed by atoms with Gasteiger partial charge in [0.1, 0.15) is 11.4 Å². The van der Waals surface area contributed by atoms with Gasteiger partial charge in [-0.05, 0) is 51.3 Å². The lowest BCUT2D eigenvalue weighted by atomic mass is 9.85. The fraction of sp³-hybridized carbons (Fsp3) is 0.632. The van der Waals surface area contributed by atoms with E-state index >= 15 is 0 Å². The van der Waals surface area contributed by atoms with Crippen molar-refractivity contribution < 1.29 is 18.7 Å². The molecule has 2 heterocycles. The topological polar surface area (TPSA) is 50.8 Å². The average Bonchev–Trinajstić information content (AvgIpc) is 2.54. The van der Waals surface area contributed by atoms with Gasteiger partial charge in [0.25, 0.3) is 0 Å². The first-order valence-electron chi connectivity index (χ1n) is 8.96. The molecule has 7 heteroatoms. The van der Waals surface area contributed by atoms with Gasteiger partial charge in [-0.2, -0.15) is 0 Å². The highest BCUT2D eigenvalue weighted by Gasteiger charge is 2.41. The molecule has 1 atom stereocenters. The highest BCUT2D eigenvalue weighted by Crippen LogP contribution is 2.33. The summed E-state index contributed by atoms with van der Waals surface area (Å²) >= 11 is 6.21. The number of benzene rings is 1. The molecule has 0 radical (unpaired) electrons. The number of likely N-dealkylation sites (tertiary alicyclic amines) is 1. The van der Waals surface area contributed by atoms with Gasteiger partial charge in [-0.3, -0.25) is 0 Å². The lowest BCUT2D eigenvalue weighted by molar-refractivity contribution is -0.0357. The van der Waals surface area contributed by atoms with Gasteiger partial charge in [-0.1, -0.05) is 17.7 Å². The van der Waals surface area contributed by atoms with E-state index in [-0.39, 0.29) is 23.5 Å². The first-order chi connectivity index (χ1) is 12.2. The van der Waals surface area contributed by atoms with E-state index in [4.69, 9.17) is 21.1 Å². The third-order valence-corrected chi connectivity index (χ3v) is 5.18. The minimum absolute atomic E-state index is 0.0927. The summed E-state index contributed by atoms with van der Waals surface area (Å²) in [6, 6.07) is 4.35. The molecule has 2 aliphatic rings. The van der Waals surface area contributed by atoms with Gasteiger partial charge in [0, 0.05) is 23.7 Å². The summed E-state index contributed by atoms with van der Waals surface area (Å²) in [5, 5.41) is 4.04. The molecule has 0 saturated carbocycles. The number of amides is 1. The van der Waals surface area contributed by atoms with Crippen LogP contribution < -0.4 is 5.32 Å². The molecule has 1 N–H and O–H groups in total. The van der Waals surface area contributed by atoms with E-state index in [0.29, 0.717) is 31.3 Å². The van der Waals surface area contributed by atoms with Crippen LogP contribution in [0.5, 0.6) is 0 Å². The van der Waals surface area contributed by atoms with Crippen molar-refractivity contribution in [3.63, 3.8) is 0 Å². The summed E-state index contributed by atoms with van der Waals surface area (Å²) < 4.78 is 24.6. The summed E-state index contributed by atoms with van der Waals surface area (Å²) in [5.74, 6) is -0.351.